The van der Waals surface area contributed by atoms with E-state index in [1.165, 1.54) is 4.68 Å². The van der Waals surface area contributed by atoms with E-state index >= 15 is 0 Å². The Balaban J connectivity index is 1.80. The van der Waals surface area contributed by atoms with Gasteiger partial charge in [-0.2, -0.15) is 0 Å². The SMILES string of the molecule is CNCc1cn(CC(=O)NNc2ccccn2)nn1. The zero-order valence-electron chi connectivity index (χ0n) is 10.5. The summed E-state index contributed by atoms with van der Waals surface area (Å²) in [5.41, 5.74) is 6.03. The lowest BCUT2D eigenvalue weighted by atomic mass is 10.5. The van der Waals surface area contributed by atoms with Crippen molar-refractivity contribution in [1.82, 2.24) is 30.7 Å². The minimum atomic E-state index is -0.230. The second-order valence-electron chi connectivity index (χ2n) is 3.83. The minimum absolute atomic E-state index is 0.0938. The molecule has 3 N–H and O–H groups in total. The maximum atomic E-state index is 11.6. The predicted octanol–water partition coefficient (Wildman–Crippen LogP) is -0.464. The topological polar surface area (TPSA) is 96.8 Å². The Labute approximate surface area is 110 Å². The molecular weight excluding hydrogens is 246 g/mol. The van der Waals surface area contributed by atoms with Crippen molar-refractivity contribution in [1.29, 1.82) is 0 Å². The molecule has 0 radical (unpaired) electrons. The maximum Gasteiger partial charge on any atom is 0.260 e. The van der Waals surface area contributed by atoms with E-state index in [2.05, 4.69) is 31.5 Å². The zero-order chi connectivity index (χ0) is 13.5. The van der Waals surface area contributed by atoms with Gasteiger partial charge >= 0.3 is 0 Å². The van der Waals surface area contributed by atoms with Crippen LogP contribution in [-0.2, 0) is 17.9 Å². The minimum Gasteiger partial charge on any atom is -0.314 e. The van der Waals surface area contributed by atoms with Crippen LogP contribution in [0.1, 0.15) is 5.69 Å². The van der Waals surface area contributed by atoms with Crippen molar-refractivity contribution in [2.45, 2.75) is 13.1 Å². The molecule has 0 saturated carbocycles. The van der Waals surface area contributed by atoms with Crippen LogP contribution in [0, 0.1) is 0 Å². The summed E-state index contributed by atoms with van der Waals surface area (Å²) in [6.07, 6.45) is 3.35. The highest BCUT2D eigenvalue weighted by molar-refractivity contribution is 5.76. The Kier molecular flexibility index (Phi) is 4.40. The highest BCUT2D eigenvalue weighted by atomic mass is 16.2. The highest BCUT2D eigenvalue weighted by Gasteiger charge is 2.05. The molecule has 8 nitrogen and oxygen atoms in total. The first-order valence-corrected chi connectivity index (χ1v) is 5.77. The Bertz CT molecular complexity index is 525. The number of nitrogens with one attached hydrogen (secondary N) is 3. The first kappa shape index (κ1) is 13.0. The van der Waals surface area contributed by atoms with E-state index in [4.69, 9.17) is 0 Å². The van der Waals surface area contributed by atoms with Crippen LogP contribution >= 0.6 is 0 Å². The third-order valence-corrected chi connectivity index (χ3v) is 2.24. The van der Waals surface area contributed by atoms with Crippen LogP contribution in [0.15, 0.2) is 30.6 Å². The quantitative estimate of drug-likeness (QED) is 0.609. The monoisotopic (exact) mass is 261 g/mol. The molecule has 0 spiro atoms. The molecule has 2 heterocycles. The molecule has 0 unspecified atom stereocenters. The van der Waals surface area contributed by atoms with Gasteiger partial charge in [-0.15, -0.1) is 5.10 Å². The molecule has 0 atom stereocenters. The van der Waals surface area contributed by atoms with E-state index < -0.39 is 0 Å². The van der Waals surface area contributed by atoms with Gasteiger partial charge in [0.05, 0.1) is 11.9 Å². The molecule has 8 heteroatoms. The highest BCUT2D eigenvalue weighted by Crippen LogP contribution is 1.97. The second kappa shape index (κ2) is 6.45. The molecule has 0 aliphatic carbocycles. The number of carbonyl (C=O) groups excluding carboxylic acids is 1. The van der Waals surface area contributed by atoms with Crippen molar-refractivity contribution in [3.8, 4) is 0 Å². The van der Waals surface area contributed by atoms with Crippen molar-refractivity contribution in [3.63, 3.8) is 0 Å². The van der Waals surface area contributed by atoms with Gasteiger partial charge in [0, 0.05) is 12.7 Å². The van der Waals surface area contributed by atoms with E-state index in [1.807, 2.05) is 13.1 Å². The van der Waals surface area contributed by atoms with Gasteiger partial charge < -0.3 is 5.32 Å². The van der Waals surface area contributed by atoms with Crippen molar-refractivity contribution in [2.75, 3.05) is 12.5 Å². The molecule has 2 rings (SSSR count). The van der Waals surface area contributed by atoms with E-state index in [9.17, 15) is 4.79 Å². The Morgan fingerprint density at radius 2 is 2.32 bits per heavy atom. The number of aromatic nitrogens is 4. The lowest BCUT2D eigenvalue weighted by molar-refractivity contribution is -0.121. The third-order valence-electron chi connectivity index (χ3n) is 2.24. The summed E-state index contributed by atoms with van der Waals surface area (Å²) in [5.74, 6) is 0.344. The third kappa shape index (κ3) is 4.03. The fourth-order valence-electron chi connectivity index (χ4n) is 1.44. The van der Waals surface area contributed by atoms with Gasteiger partial charge in [0.15, 0.2) is 0 Å². The molecule has 0 aliphatic heterocycles. The van der Waals surface area contributed by atoms with Crippen LogP contribution in [-0.4, -0.2) is 32.9 Å². The van der Waals surface area contributed by atoms with E-state index in [-0.39, 0.29) is 12.5 Å². The molecule has 0 saturated heterocycles. The first-order valence-electron chi connectivity index (χ1n) is 5.77. The molecule has 0 aromatic carbocycles. The number of carbonyl (C=O) groups is 1. The van der Waals surface area contributed by atoms with Crippen LogP contribution < -0.4 is 16.2 Å². The first-order chi connectivity index (χ1) is 9.28. The van der Waals surface area contributed by atoms with E-state index in [1.54, 1.807) is 24.5 Å². The normalized spacial score (nSPS) is 10.2. The number of hydrazine groups is 1. The molecular formula is C11H15N7O. The molecule has 2 aromatic rings. The number of amides is 1. The Hall–Kier alpha value is -2.48. The average molecular weight is 261 g/mol. The van der Waals surface area contributed by atoms with Crippen LogP contribution in [0.25, 0.3) is 0 Å². The summed E-state index contributed by atoms with van der Waals surface area (Å²) in [6.45, 7) is 0.713. The molecule has 0 aliphatic rings. The van der Waals surface area contributed by atoms with E-state index in [0.29, 0.717) is 12.4 Å². The lowest BCUT2D eigenvalue weighted by Crippen LogP contribution is -2.33. The molecule has 19 heavy (non-hydrogen) atoms. The van der Waals surface area contributed by atoms with Crippen LogP contribution in [0.4, 0.5) is 5.82 Å². The molecule has 1 amide bonds. The van der Waals surface area contributed by atoms with Gasteiger partial charge in [-0.3, -0.25) is 15.6 Å². The zero-order valence-corrected chi connectivity index (χ0v) is 10.5. The standard InChI is InChI=1S/C11H15N7O/c1-12-6-9-7-18(17-14-9)8-11(19)16-15-10-4-2-3-5-13-10/h2-5,7,12H,6,8H2,1H3,(H,13,15)(H,16,19). The van der Waals surface area contributed by atoms with Gasteiger partial charge in [0.2, 0.25) is 0 Å². The fraction of sp³-hybridized carbons (Fsp3) is 0.273. The van der Waals surface area contributed by atoms with Crippen LogP contribution in [0.5, 0.6) is 0 Å². The van der Waals surface area contributed by atoms with Gasteiger partial charge in [-0.05, 0) is 19.2 Å². The van der Waals surface area contributed by atoms with Crippen molar-refractivity contribution < 1.29 is 4.79 Å². The molecule has 0 fully saturated rings. The predicted molar refractivity (Wildman–Crippen MR) is 68.8 cm³/mol. The largest absolute Gasteiger partial charge is 0.314 e. The smallest absolute Gasteiger partial charge is 0.260 e. The number of pyridine rings is 1. The van der Waals surface area contributed by atoms with Crippen LogP contribution in [0.3, 0.4) is 0 Å². The van der Waals surface area contributed by atoms with E-state index in [0.717, 1.165) is 5.69 Å². The number of rotatable bonds is 6. The maximum absolute atomic E-state index is 11.6. The molecule has 2 aromatic heterocycles. The number of hydrogen-bond donors (Lipinski definition) is 3. The number of hydrogen-bond acceptors (Lipinski definition) is 6. The number of nitrogens with zero attached hydrogens (tertiary/aromatic N) is 4. The summed E-state index contributed by atoms with van der Waals surface area (Å²) >= 11 is 0. The summed E-state index contributed by atoms with van der Waals surface area (Å²) in [5, 5.41) is 10.7. The Morgan fingerprint density at radius 1 is 1.42 bits per heavy atom. The summed E-state index contributed by atoms with van der Waals surface area (Å²) in [4.78, 5) is 15.7. The lowest BCUT2D eigenvalue weighted by Gasteiger charge is -2.06. The van der Waals surface area contributed by atoms with Crippen molar-refractivity contribution in [3.05, 3.63) is 36.3 Å². The average Bonchev–Trinajstić information content (AvgIpc) is 2.85. The molecule has 0 bridgehead atoms. The van der Waals surface area contributed by atoms with Gasteiger partial charge in [0.25, 0.3) is 5.91 Å². The molecule has 100 valence electrons. The van der Waals surface area contributed by atoms with Gasteiger partial charge in [-0.1, -0.05) is 11.3 Å². The van der Waals surface area contributed by atoms with Gasteiger partial charge in [0.1, 0.15) is 12.4 Å². The summed E-state index contributed by atoms with van der Waals surface area (Å²) < 4.78 is 1.47. The van der Waals surface area contributed by atoms with Gasteiger partial charge in [-0.25, -0.2) is 9.67 Å². The summed E-state index contributed by atoms with van der Waals surface area (Å²) in [6, 6.07) is 5.37. The van der Waals surface area contributed by atoms with Crippen molar-refractivity contribution in [2.24, 2.45) is 0 Å². The fourth-order valence-corrected chi connectivity index (χ4v) is 1.44. The van der Waals surface area contributed by atoms with Crippen molar-refractivity contribution >= 4 is 11.7 Å². The second-order valence-corrected chi connectivity index (χ2v) is 3.83. The van der Waals surface area contributed by atoms with Crippen LogP contribution in [0.2, 0.25) is 0 Å². The Morgan fingerprint density at radius 3 is 3.05 bits per heavy atom. The summed E-state index contributed by atoms with van der Waals surface area (Å²) in [7, 11) is 1.82. The number of anilines is 1.